The van der Waals surface area contributed by atoms with E-state index in [1.807, 2.05) is 12.1 Å². The molecule has 5 rings (SSSR count). The maximum absolute atomic E-state index is 13.8. The Labute approximate surface area is 222 Å². The second kappa shape index (κ2) is 10.6. The van der Waals surface area contributed by atoms with E-state index in [4.69, 9.17) is 4.74 Å². The third kappa shape index (κ3) is 5.07. The van der Waals surface area contributed by atoms with E-state index in [1.165, 1.54) is 44.6 Å². The number of esters is 1. The fourth-order valence-corrected chi connectivity index (χ4v) is 6.45. The molecule has 1 amide bonds. The lowest BCUT2D eigenvalue weighted by atomic mass is 9.91. The molecule has 2 aliphatic heterocycles. The predicted octanol–water partition coefficient (Wildman–Crippen LogP) is 3.39. The number of carbonyl (C=O) groups is 2. The molecule has 38 heavy (non-hydrogen) atoms. The van der Waals surface area contributed by atoms with Gasteiger partial charge < -0.3 is 10.1 Å². The number of carbonyl (C=O) groups excluding carboxylic acids is 2. The number of piperidine rings is 1. The Balaban J connectivity index is 1.47. The van der Waals surface area contributed by atoms with Crippen LogP contribution in [0.2, 0.25) is 0 Å². The maximum atomic E-state index is 13.8. The molecule has 0 saturated carbocycles. The van der Waals surface area contributed by atoms with Gasteiger partial charge in [-0.25, -0.2) is 18.2 Å². The molecule has 0 aliphatic carbocycles. The molecule has 9 nitrogen and oxygen atoms in total. The van der Waals surface area contributed by atoms with Gasteiger partial charge in [-0.15, -0.1) is 0 Å². The molecule has 1 N–H and O–H groups in total. The normalized spacial score (nSPS) is 21.3. The van der Waals surface area contributed by atoms with Crippen molar-refractivity contribution in [2.24, 2.45) is 0 Å². The zero-order chi connectivity index (χ0) is 26.8. The van der Waals surface area contributed by atoms with Crippen molar-refractivity contribution >= 4 is 27.7 Å². The minimum absolute atomic E-state index is 0.0883. The highest BCUT2D eigenvalue weighted by atomic mass is 32.2. The molecule has 2 aromatic carbocycles. The summed E-state index contributed by atoms with van der Waals surface area (Å²) in [7, 11) is -2.52. The summed E-state index contributed by atoms with van der Waals surface area (Å²) >= 11 is 0. The van der Waals surface area contributed by atoms with Crippen LogP contribution in [-0.4, -0.2) is 61.2 Å². The monoisotopic (exact) mass is 534 g/mol. The highest BCUT2D eigenvalue weighted by molar-refractivity contribution is 7.89. The van der Waals surface area contributed by atoms with Crippen molar-refractivity contribution in [2.75, 3.05) is 32.0 Å². The van der Waals surface area contributed by atoms with Crippen LogP contribution in [0.4, 0.5) is 5.82 Å². The topological polar surface area (TPSA) is 109 Å². The SMILES string of the molecule is CN1CC(OC(=O)c2ccc(CN3CCCCC3)cc2)(C(=O)Nc2ccccn2)c2ccccc2S1(=O)=O. The molecule has 1 saturated heterocycles. The molecule has 2 aliphatic rings. The zero-order valence-electron chi connectivity index (χ0n) is 21.2. The Kier molecular flexibility index (Phi) is 7.29. The minimum Gasteiger partial charge on any atom is -0.439 e. The van der Waals surface area contributed by atoms with Gasteiger partial charge in [-0.2, -0.15) is 4.31 Å². The van der Waals surface area contributed by atoms with Gasteiger partial charge in [-0.05, 0) is 61.8 Å². The number of ether oxygens (including phenoxy) is 1. The number of fused-ring (bicyclic) bond motifs is 1. The van der Waals surface area contributed by atoms with Crippen molar-refractivity contribution in [3.8, 4) is 0 Å². The van der Waals surface area contributed by atoms with Crippen LogP contribution >= 0.6 is 0 Å². The number of hydrogen-bond acceptors (Lipinski definition) is 7. The van der Waals surface area contributed by atoms with Gasteiger partial charge in [-0.3, -0.25) is 9.69 Å². The van der Waals surface area contributed by atoms with Crippen molar-refractivity contribution in [2.45, 2.75) is 36.3 Å². The molecule has 1 aromatic heterocycles. The smallest absolute Gasteiger partial charge is 0.339 e. The van der Waals surface area contributed by atoms with Gasteiger partial charge >= 0.3 is 5.97 Å². The summed E-state index contributed by atoms with van der Waals surface area (Å²) in [5, 5.41) is 2.70. The van der Waals surface area contributed by atoms with Crippen LogP contribution in [0.25, 0.3) is 0 Å². The second-order valence-electron chi connectivity index (χ2n) is 9.68. The lowest BCUT2D eigenvalue weighted by Crippen LogP contribution is -2.56. The molecule has 0 spiro atoms. The predicted molar refractivity (Wildman–Crippen MR) is 142 cm³/mol. The Hall–Kier alpha value is -3.60. The summed E-state index contributed by atoms with van der Waals surface area (Å²) in [6, 6.07) is 18.3. The van der Waals surface area contributed by atoms with E-state index < -0.39 is 27.5 Å². The number of pyridine rings is 1. The van der Waals surface area contributed by atoms with Crippen LogP contribution in [0.3, 0.4) is 0 Å². The van der Waals surface area contributed by atoms with Crippen molar-refractivity contribution in [1.29, 1.82) is 0 Å². The number of likely N-dealkylation sites (N-methyl/N-ethyl adjacent to an activating group) is 1. The third-order valence-electron chi connectivity index (χ3n) is 7.04. The third-order valence-corrected chi connectivity index (χ3v) is 8.90. The number of nitrogens with zero attached hydrogens (tertiary/aromatic N) is 3. The van der Waals surface area contributed by atoms with E-state index in [0.717, 1.165) is 29.5 Å². The van der Waals surface area contributed by atoms with Crippen LogP contribution in [0, 0.1) is 0 Å². The van der Waals surface area contributed by atoms with Gasteiger partial charge in [0.25, 0.3) is 5.91 Å². The van der Waals surface area contributed by atoms with Gasteiger partial charge in [0, 0.05) is 25.4 Å². The number of anilines is 1. The molecule has 1 atom stereocenters. The summed E-state index contributed by atoms with van der Waals surface area (Å²) < 4.78 is 33.1. The van der Waals surface area contributed by atoms with E-state index in [-0.39, 0.29) is 28.4 Å². The number of likely N-dealkylation sites (tertiary alicyclic amines) is 1. The van der Waals surface area contributed by atoms with Crippen LogP contribution < -0.4 is 5.32 Å². The average Bonchev–Trinajstić information content (AvgIpc) is 2.93. The number of amides is 1. The lowest BCUT2D eigenvalue weighted by Gasteiger charge is -2.40. The number of sulfonamides is 1. The summed E-state index contributed by atoms with van der Waals surface area (Å²) in [6.07, 6.45) is 5.17. The van der Waals surface area contributed by atoms with Gasteiger partial charge in [-0.1, -0.05) is 42.8 Å². The first-order valence-electron chi connectivity index (χ1n) is 12.6. The van der Waals surface area contributed by atoms with Gasteiger partial charge in [0.05, 0.1) is 17.0 Å². The Morgan fingerprint density at radius 1 is 0.974 bits per heavy atom. The molecule has 0 bridgehead atoms. The van der Waals surface area contributed by atoms with Crippen molar-refractivity contribution in [3.05, 3.63) is 89.6 Å². The molecule has 3 aromatic rings. The second-order valence-corrected chi connectivity index (χ2v) is 11.7. The quantitative estimate of drug-likeness (QED) is 0.483. The molecular formula is C28H30N4O5S. The van der Waals surface area contributed by atoms with Gasteiger partial charge in [0.15, 0.2) is 0 Å². The van der Waals surface area contributed by atoms with Crippen molar-refractivity contribution in [3.63, 3.8) is 0 Å². The van der Waals surface area contributed by atoms with Crippen LogP contribution in [-0.2, 0) is 31.7 Å². The standard InChI is InChI=1S/C28H30N4O5S/c1-31-20-28(27(34)30-25-11-5-6-16-29-25,23-9-3-4-10-24(23)38(31,35)36)37-26(33)22-14-12-21(13-15-22)19-32-17-7-2-8-18-32/h3-6,9-16H,2,7-8,17-20H2,1H3,(H,29,30,34). The first kappa shape index (κ1) is 26.0. The summed E-state index contributed by atoms with van der Waals surface area (Å²) in [4.78, 5) is 33.7. The Morgan fingerprint density at radius 2 is 1.68 bits per heavy atom. The van der Waals surface area contributed by atoms with Crippen molar-refractivity contribution in [1.82, 2.24) is 14.2 Å². The van der Waals surface area contributed by atoms with Crippen LogP contribution in [0.1, 0.15) is 40.7 Å². The van der Waals surface area contributed by atoms with Gasteiger partial charge in [0.2, 0.25) is 15.6 Å². The van der Waals surface area contributed by atoms with Crippen molar-refractivity contribution < 1.29 is 22.7 Å². The molecular weight excluding hydrogens is 504 g/mol. The molecule has 198 valence electrons. The maximum Gasteiger partial charge on any atom is 0.339 e. The van der Waals surface area contributed by atoms with Crippen LogP contribution in [0.15, 0.2) is 77.8 Å². The van der Waals surface area contributed by atoms with Gasteiger partial charge in [0.1, 0.15) is 5.82 Å². The summed E-state index contributed by atoms with van der Waals surface area (Å²) in [6.45, 7) is 2.55. The van der Waals surface area contributed by atoms with E-state index in [1.54, 1.807) is 42.5 Å². The summed E-state index contributed by atoms with van der Waals surface area (Å²) in [5.41, 5.74) is -0.481. The fraction of sp³-hybridized carbons (Fsp3) is 0.321. The number of aromatic nitrogens is 1. The molecule has 0 radical (unpaired) electrons. The molecule has 1 fully saturated rings. The molecule has 3 heterocycles. The summed E-state index contributed by atoms with van der Waals surface area (Å²) in [5.74, 6) is -1.17. The highest BCUT2D eigenvalue weighted by Crippen LogP contribution is 2.40. The highest BCUT2D eigenvalue weighted by Gasteiger charge is 2.53. The number of benzene rings is 2. The van der Waals surface area contributed by atoms with Crippen LogP contribution in [0.5, 0.6) is 0 Å². The van der Waals surface area contributed by atoms with E-state index >= 15 is 0 Å². The number of nitrogens with one attached hydrogen (secondary N) is 1. The van der Waals surface area contributed by atoms with E-state index in [0.29, 0.717) is 0 Å². The lowest BCUT2D eigenvalue weighted by molar-refractivity contribution is -0.138. The number of rotatable bonds is 6. The largest absolute Gasteiger partial charge is 0.439 e. The van der Waals surface area contributed by atoms with E-state index in [9.17, 15) is 18.0 Å². The number of hydrogen-bond donors (Lipinski definition) is 1. The minimum atomic E-state index is -3.88. The zero-order valence-corrected chi connectivity index (χ0v) is 22.0. The molecule has 1 unspecified atom stereocenters. The first-order valence-corrected chi connectivity index (χ1v) is 14.1. The fourth-order valence-electron chi connectivity index (χ4n) is 5.00. The average molecular weight is 535 g/mol. The van der Waals surface area contributed by atoms with E-state index in [2.05, 4.69) is 15.2 Å². The Morgan fingerprint density at radius 3 is 2.39 bits per heavy atom. The Bertz CT molecular complexity index is 1420. The first-order chi connectivity index (χ1) is 18.3. The molecule has 10 heteroatoms.